The number of rotatable bonds is 4. The highest BCUT2D eigenvalue weighted by Crippen LogP contribution is 2.26. The summed E-state index contributed by atoms with van der Waals surface area (Å²) in [6.07, 6.45) is 1.73. The molecule has 2 heterocycles. The zero-order valence-electron chi connectivity index (χ0n) is 13.8. The molecule has 1 aliphatic rings. The van der Waals surface area contributed by atoms with Crippen molar-refractivity contribution in [3.05, 3.63) is 40.9 Å². The van der Waals surface area contributed by atoms with E-state index in [1.165, 1.54) is 0 Å². The minimum atomic E-state index is -0.106. The van der Waals surface area contributed by atoms with E-state index in [1.54, 1.807) is 0 Å². The van der Waals surface area contributed by atoms with Gasteiger partial charge < -0.3 is 14.5 Å². The van der Waals surface area contributed by atoms with Crippen LogP contribution in [0.3, 0.4) is 0 Å². The van der Waals surface area contributed by atoms with E-state index in [-0.39, 0.29) is 24.5 Å². The highest BCUT2D eigenvalue weighted by molar-refractivity contribution is 6.30. The Morgan fingerprint density at radius 2 is 2.12 bits per heavy atom. The molecule has 0 saturated carbocycles. The number of halogens is 1. The SMILES string of the molecule is Cc1nc(CNC(=O)C2CCCOC2C)oc1-c1ccc(Cl)cc1. The van der Waals surface area contributed by atoms with Crippen molar-refractivity contribution in [2.45, 2.75) is 39.3 Å². The van der Waals surface area contributed by atoms with E-state index in [0.29, 0.717) is 16.7 Å². The number of hydrogen-bond donors (Lipinski definition) is 1. The summed E-state index contributed by atoms with van der Waals surface area (Å²) in [5.74, 6) is 1.08. The minimum Gasteiger partial charge on any atom is -0.438 e. The van der Waals surface area contributed by atoms with Crippen molar-refractivity contribution >= 4 is 17.5 Å². The summed E-state index contributed by atoms with van der Waals surface area (Å²) in [6, 6.07) is 7.40. The predicted molar refractivity (Wildman–Crippen MR) is 91.7 cm³/mol. The molecule has 0 spiro atoms. The number of carbonyl (C=O) groups is 1. The van der Waals surface area contributed by atoms with Gasteiger partial charge in [0, 0.05) is 17.2 Å². The molecule has 1 fully saturated rings. The lowest BCUT2D eigenvalue weighted by Gasteiger charge is -2.27. The molecule has 0 radical (unpaired) electrons. The van der Waals surface area contributed by atoms with Crippen LogP contribution in [0, 0.1) is 12.8 Å². The van der Waals surface area contributed by atoms with Crippen LogP contribution in [0.2, 0.25) is 5.02 Å². The van der Waals surface area contributed by atoms with Crippen molar-refractivity contribution < 1.29 is 13.9 Å². The molecular formula is C18H21ClN2O3. The number of nitrogens with zero attached hydrogens (tertiary/aromatic N) is 1. The van der Waals surface area contributed by atoms with Gasteiger partial charge in [0.1, 0.15) is 0 Å². The molecule has 3 rings (SSSR count). The normalized spacial score (nSPS) is 20.8. The van der Waals surface area contributed by atoms with E-state index in [4.69, 9.17) is 20.8 Å². The Balaban J connectivity index is 1.65. The lowest BCUT2D eigenvalue weighted by atomic mass is 9.94. The van der Waals surface area contributed by atoms with Crippen molar-refractivity contribution in [1.82, 2.24) is 10.3 Å². The molecule has 1 aromatic carbocycles. The van der Waals surface area contributed by atoms with Crippen LogP contribution in [-0.4, -0.2) is 23.6 Å². The fourth-order valence-corrected chi connectivity index (χ4v) is 3.08. The number of ether oxygens (including phenoxy) is 1. The zero-order valence-corrected chi connectivity index (χ0v) is 14.6. The van der Waals surface area contributed by atoms with Crippen molar-refractivity contribution in [3.8, 4) is 11.3 Å². The number of nitrogens with one attached hydrogen (secondary N) is 1. The van der Waals surface area contributed by atoms with E-state index < -0.39 is 0 Å². The average Bonchev–Trinajstić information content (AvgIpc) is 2.95. The summed E-state index contributed by atoms with van der Waals surface area (Å²) < 4.78 is 11.3. The van der Waals surface area contributed by atoms with Gasteiger partial charge in [-0.15, -0.1) is 0 Å². The maximum absolute atomic E-state index is 12.3. The Labute approximate surface area is 146 Å². The van der Waals surface area contributed by atoms with Crippen LogP contribution >= 0.6 is 11.6 Å². The number of aromatic nitrogens is 1. The van der Waals surface area contributed by atoms with E-state index in [2.05, 4.69) is 10.3 Å². The summed E-state index contributed by atoms with van der Waals surface area (Å²) in [5, 5.41) is 3.58. The zero-order chi connectivity index (χ0) is 17.1. The Morgan fingerprint density at radius 1 is 1.38 bits per heavy atom. The van der Waals surface area contributed by atoms with Crippen LogP contribution < -0.4 is 5.32 Å². The quantitative estimate of drug-likeness (QED) is 0.914. The summed E-state index contributed by atoms with van der Waals surface area (Å²) in [4.78, 5) is 16.7. The molecule has 6 heteroatoms. The molecule has 1 amide bonds. The average molecular weight is 349 g/mol. The molecule has 24 heavy (non-hydrogen) atoms. The second kappa shape index (κ2) is 7.36. The Hall–Kier alpha value is -1.85. The summed E-state index contributed by atoms with van der Waals surface area (Å²) in [7, 11) is 0. The minimum absolute atomic E-state index is 0.00824. The highest BCUT2D eigenvalue weighted by atomic mass is 35.5. The summed E-state index contributed by atoms with van der Waals surface area (Å²) in [6.45, 7) is 4.83. The topological polar surface area (TPSA) is 64.4 Å². The van der Waals surface area contributed by atoms with Crippen LogP contribution in [0.15, 0.2) is 28.7 Å². The van der Waals surface area contributed by atoms with Crippen LogP contribution in [-0.2, 0) is 16.1 Å². The van der Waals surface area contributed by atoms with Crippen LogP contribution in [0.25, 0.3) is 11.3 Å². The molecule has 2 unspecified atom stereocenters. The van der Waals surface area contributed by atoms with Gasteiger partial charge in [-0.25, -0.2) is 4.98 Å². The van der Waals surface area contributed by atoms with Crippen LogP contribution in [0.5, 0.6) is 0 Å². The maximum Gasteiger partial charge on any atom is 0.226 e. The van der Waals surface area contributed by atoms with Crippen molar-refractivity contribution in [2.24, 2.45) is 5.92 Å². The second-order valence-corrected chi connectivity index (χ2v) is 6.51. The third-order valence-corrected chi connectivity index (χ3v) is 4.56. The first kappa shape index (κ1) is 17.0. The number of hydrogen-bond acceptors (Lipinski definition) is 4. The molecule has 1 aromatic heterocycles. The van der Waals surface area contributed by atoms with Crippen LogP contribution in [0.4, 0.5) is 0 Å². The van der Waals surface area contributed by atoms with E-state index in [0.717, 1.165) is 30.7 Å². The molecule has 1 aliphatic heterocycles. The first-order chi connectivity index (χ1) is 11.5. The smallest absolute Gasteiger partial charge is 0.226 e. The number of oxazole rings is 1. The van der Waals surface area contributed by atoms with E-state index in [1.807, 2.05) is 38.1 Å². The van der Waals surface area contributed by atoms with Crippen molar-refractivity contribution in [1.29, 1.82) is 0 Å². The van der Waals surface area contributed by atoms with E-state index in [9.17, 15) is 4.79 Å². The molecule has 0 bridgehead atoms. The second-order valence-electron chi connectivity index (χ2n) is 6.07. The van der Waals surface area contributed by atoms with Crippen molar-refractivity contribution in [3.63, 3.8) is 0 Å². The molecule has 2 atom stereocenters. The molecule has 128 valence electrons. The van der Waals surface area contributed by atoms with Crippen molar-refractivity contribution in [2.75, 3.05) is 6.61 Å². The predicted octanol–water partition coefficient (Wildman–Crippen LogP) is 3.73. The van der Waals surface area contributed by atoms with Gasteiger partial charge in [0.05, 0.1) is 24.3 Å². The van der Waals surface area contributed by atoms with Gasteiger partial charge in [-0.2, -0.15) is 0 Å². The number of aryl methyl sites for hydroxylation is 1. The number of benzene rings is 1. The fourth-order valence-electron chi connectivity index (χ4n) is 2.96. The first-order valence-corrected chi connectivity index (χ1v) is 8.54. The maximum atomic E-state index is 12.3. The molecule has 2 aromatic rings. The van der Waals surface area contributed by atoms with Gasteiger partial charge in [-0.1, -0.05) is 11.6 Å². The standard InChI is InChI=1S/C18H21ClN2O3/c1-11-17(13-5-7-14(19)8-6-13)24-16(21-11)10-20-18(22)15-4-3-9-23-12(15)2/h5-8,12,15H,3-4,9-10H2,1-2H3,(H,20,22). The lowest BCUT2D eigenvalue weighted by Crippen LogP contribution is -2.39. The third kappa shape index (κ3) is 3.79. The first-order valence-electron chi connectivity index (χ1n) is 8.16. The number of amides is 1. The van der Waals surface area contributed by atoms with Gasteiger partial charge in [-0.3, -0.25) is 4.79 Å². The summed E-state index contributed by atoms with van der Waals surface area (Å²) in [5.41, 5.74) is 1.70. The van der Waals surface area contributed by atoms with Gasteiger partial charge in [-0.05, 0) is 51.0 Å². The van der Waals surface area contributed by atoms with Gasteiger partial charge in [0.25, 0.3) is 0 Å². The lowest BCUT2D eigenvalue weighted by molar-refractivity contribution is -0.133. The highest BCUT2D eigenvalue weighted by Gasteiger charge is 2.28. The largest absolute Gasteiger partial charge is 0.438 e. The van der Waals surface area contributed by atoms with Gasteiger partial charge >= 0.3 is 0 Å². The molecule has 5 nitrogen and oxygen atoms in total. The third-order valence-electron chi connectivity index (χ3n) is 4.30. The Kier molecular flexibility index (Phi) is 5.21. The van der Waals surface area contributed by atoms with Gasteiger partial charge in [0.2, 0.25) is 11.8 Å². The number of carbonyl (C=O) groups excluding carboxylic acids is 1. The Bertz CT molecular complexity index is 712. The van der Waals surface area contributed by atoms with E-state index >= 15 is 0 Å². The Morgan fingerprint density at radius 3 is 2.83 bits per heavy atom. The van der Waals surface area contributed by atoms with Crippen LogP contribution in [0.1, 0.15) is 31.4 Å². The molecule has 0 aliphatic carbocycles. The molecule has 1 N–H and O–H groups in total. The van der Waals surface area contributed by atoms with Gasteiger partial charge in [0.15, 0.2) is 5.76 Å². The summed E-state index contributed by atoms with van der Waals surface area (Å²) >= 11 is 5.91. The molecule has 1 saturated heterocycles. The monoisotopic (exact) mass is 348 g/mol. The molecular weight excluding hydrogens is 328 g/mol. The fraction of sp³-hybridized carbons (Fsp3) is 0.444.